The van der Waals surface area contributed by atoms with Crippen molar-refractivity contribution < 1.29 is 9.26 Å². The molecule has 3 heterocycles. The highest BCUT2D eigenvalue weighted by Crippen LogP contribution is 2.30. The zero-order chi connectivity index (χ0) is 20.7. The number of ether oxygens (including phenoxy) is 1. The van der Waals surface area contributed by atoms with Crippen LogP contribution in [-0.2, 0) is 23.3 Å². The maximum absolute atomic E-state index is 6.03. The number of benzene rings is 2. The summed E-state index contributed by atoms with van der Waals surface area (Å²) in [7, 11) is 0. The van der Waals surface area contributed by atoms with Crippen molar-refractivity contribution in [1.29, 1.82) is 0 Å². The van der Waals surface area contributed by atoms with E-state index >= 15 is 0 Å². The zero-order valence-electron chi connectivity index (χ0n) is 17.4. The third kappa shape index (κ3) is 3.55. The van der Waals surface area contributed by atoms with Crippen LogP contribution in [0.4, 0.5) is 0 Å². The van der Waals surface area contributed by atoms with Crippen LogP contribution in [0.3, 0.4) is 0 Å². The Morgan fingerprint density at radius 2 is 1.77 bits per heavy atom. The number of nitrogens with zero attached hydrogens (tertiary/aromatic N) is 4. The third-order valence-electron chi connectivity index (χ3n) is 5.46. The molecule has 30 heavy (non-hydrogen) atoms. The van der Waals surface area contributed by atoms with Crippen LogP contribution < -0.4 is 0 Å². The smallest absolute Gasteiger partial charge is 0.278 e. The Morgan fingerprint density at radius 1 is 1.00 bits per heavy atom. The van der Waals surface area contributed by atoms with Crippen molar-refractivity contribution in [2.24, 2.45) is 0 Å². The van der Waals surface area contributed by atoms with Crippen molar-refractivity contribution in [3.8, 4) is 23.0 Å². The fraction of sp³-hybridized carbons (Fsp3) is 0.292. The van der Waals surface area contributed by atoms with Gasteiger partial charge >= 0.3 is 0 Å². The molecule has 1 aliphatic heterocycles. The minimum atomic E-state index is -0.00831. The van der Waals surface area contributed by atoms with Gasteiger partial charge in [-0.25, -0.2) is 0 Å². The van der Waals surface area contributed by atoms with Crippen LogP contribution in [0, 0.1) is 0 Å². The Hall–Kier alpha value is -3.25. The third-order valence-corrected chi connectivity index (χ3v) is 5.46. The van der Waals surface area contributed by atoms with Crippen LogP contribution in [0.2, 0.25) is 0 Å². The van der Waals surface area contributed by atoms with Crippen LogP contribution in [0.25, 0.3) is 23.0 Å². The Labute approximate surface area is 175 Å². The molecule has 0 radical (unpaired) electrons. The van der Waals surface area contributed by atoms with Gasteiger partial charge in [0.25, 0.3) is 5.89 Å². The lowest BCUT2D eigenvalue weighted by atomic mass is 9.87. The number of aromatic nitrogens is 4. The summed E-state index contributed by atoms with van der Waals surface area (Å²) in [5.41, 5.74) is 5.13. The molecule has 4 aromatic rings. The number of rotatable bonds is 3. The molecule has 2 aromatic carbocycles. The second-order valence-electron chi connectivity index (χ2n) is 8.66. The van der Waals surface area contributed by atoms with Crippen molar-refractivity contribution in [3.63, 3.8) is 0 Å². The monoisotopic (exact) mass is 400 g/mol. The van der Waals surface area contributed by atoms with Gasteiger partial charge in [-0.3, -0.25) is 4.68 Å². The Kier molecular flexibility index (Phi) is 4.51. The van der Waals surface area contributed by atoms with E-state index in [9.17, 15) is 0 Å². The molecule has 0 spiro atoms. The van der Waals surface area contributed by atoms with Gasteiger partial charge in [-0.1, -0.05) is 80.5 Å². The molecule has 0 aliphatic carbocycles. The maximum atomic E-state index is 6.03. The maximum Gasteiger partial charge on any atom is 0.278 e. The number of hydrogen-bond acceptors (Lipinski definition) is 5. The van der Waals surface area contributed by atoms with Gasteiger partial charge in [-0.15, -0.1) is 0 Å². The second-order valence-corrected chi connectivity index (χ2v) is 8.66. The first kappa shape index (κ1) is 18.8. The quantitative estimate of drug-likeness (QED) is 0.475. The molecule has 5 rings (SSSR count). The molecule has 0 amide bonds. The summed E-state index contributed by atoms with van der Waals surface area (Å²) in [6, 6.07) is 20.5. The van der Waals surface area contributed by atoms with Gasteiger partial charge in [0.2, 0.25) is 5.82 Å². The molecule has 0 fully saturated rings. The fourth-order valence-corrected chi connectivity index (χ4v) is 3.66. The van der Waals surface area contributed by atoms with Crippen molar-refractivity contribution in [3.05, 3.63) is 77.5 Å². The average Bonchev–Trinajstić information content (AvgIpc) is 3.40. The predicted molar refractivity (Wildman–Crippen MR) is 114 cm³/mol. The molecule has 152 valence electrons. The van der Waals surface area contributed by atoms with Crippen molar-refractivity contribution >= 4 is 0 Å². The van der Waals surface area contributed by atoms with E-state index in [1.807, 2.05) is 41.1 Å². The zero-order valence-corrected chi connectivity index (χ0v) is 17.4. The Bertz CT molecular complexity index is 1150. The van der Waals surface area contributed by atoms with E-state index in [1.165, 1.54) is 5.56 Å². The summed E-state index contributed by atoms with van der Waals surface area (Å²) in [6.45, 7) is 7.75. The topological polar surface area (TPSA) is 66.0 Å². The van der Waals surface area contributed by atoms with Crippen LogP contribution in [0.1, 0.15) is 43.7 Å². The summed E-state index contributed by atoms with van der Waals surface area (Å²) in [5, 5.41) is 8.85. The molecule has 1 atom stereocenters. The molecule has 0 N–H and O–H groups in total. The van der Waals surface area contributed by atoms with Crippen LogP contribution >= 0.6 is 0 Å². The van der Waals surface area contributed by atoms with E-state index in [0.29, 0.717) is 30.6 Å². The lowest BCUT2D eigenvalue weighted by Crippen LogP contribution is -2.21. The largest absolute Gasteiger partial charge is 0.365 e. The van der Waals surface area contributed by atoms with E-state index in [0.717, 1.165) is 16.8 Å². The van der Waals surface area contributed by atoms with Gasteiger partial charge in [-0.05, 0) is 22.6 Å². The van der Waals surface area contributed by atoms with Crippen molar-refractivity contribution in [2.45, 2.75) is 45.4 Å². The fourth-order valence-electron chi connectivity index (χ4n) is 3.66. The molecule has 0 saturated carbocycles. The normalized spacial score (nSPS) is 16.4. The molecule has 0 bridgehead atoms. The predicted octanol–water partition coefficient (Wildman–Crippen LogP) is 5.17. The Balaban J connectivity index is 1.37. The van der Waals surface area contributed by atoms with E-state index in [-0.39, 0.29) is 11.5 Å². The first-order chi connectivity index (χ1) is 14.5. The van der Waals surface area contributed by atoms with Crippen molar-refractivity contribution in [2.75, 3.05) is 0 Å². The summed E-state index contributed by atoms with van der Waals surface area (Å²) in [4.78, 5) is 4.57. The van der Waals surface area contributed by atoms with Gasteiger partial charge in [0, 0.05) is 5.56 Å². The van der Waals surface area contributed by atoms with Crippen molar-refractivity contribution in [1.82, 2.24) is 19.9 Å². The second kappa shape index (κ2) is 7.22. The van der Waals surface area contributed by atoms with Gasteiger partial charge in [0.15, 0.2) is 5.69 Å². The highest BCUT2D eigenvalue weighted by molar-refractivity contribution is 5.58. The standard InChI is InChI=1S/C24H24N4O2/c1-24(2,3)18-11-9-17(10-12-18)22-25-23(30-27-22)20-13-19-15-29-21(14-28(19)26-20)16-7-5-4-6-8-16/h4-13,21H,14-15H2,1-3H3/t21-/m0/s1. The van der Waals surface area contributed by atoms with E-state index in [4.69, 9.17) is 14.4 Å². The minimum Gasteiger partial charge on any atom is -0.365 e. The molecular formula is C24H24N4O2. The van der Waals surface area contributed by atoms with Gasteiger partial charge < -0.3 is 9.26 Å². The van der Waals surface area contributed by atoms with Crippen LogP contribution in [-0.4, -0.2) is 19.9 Å². The molecule has 1 aliphatic rings. The van der Waals surface area contributed by atoms with Crippen LogP contribution in [0.15, 0.2) is 65.2 Å². The lowest BCUT2D eigenvalue weighted by Gasteiger charge is -2.24. The molecule has 6 heteroatoms. The highest BCUT2D eigenvalue weighted by Gasteiger charge is 2.24. The number of hydrogen-bond donors (Lipinski definition) is 0. The molecule has 0 saturated heterocycles. The summed E-state index contributed by atoms with van der Waals surface area (Å²) >= 11 is 0. The summed E-state index contributed by atoms with van der Waals surface area (Å²) < 4.78 is 13.5. The molecular weight excluding hydrogens is 376 g/mol. The SMILES string of the molecule is CC(C)(C)c1ccc(-c2noc(-c3cc4n(n3)C[C@@H](c3ccccc3)OC4)n2)cc1. The highest BCUT2D eigenvalue weighted by atomic mass is 16.5. The van der Waals surface area contributed by atoms with Gasteiger partial charge in [-0.2, -0.15) is 10.1 Å². The Morgan fingerprint density at radius 3 is 2.50 bits per heavy atom. The van der Waals surface area contributed by atoms with E-state index in [2.05, 4.69) is 55.2 Å². The average molecular weight is 400 g/mol. The van der Waals surface area contributed by atoms with E-state index in [1.54, 1.807) is 0 Å². The molecule has 6 nitrogen and oxygen atoms in total. The van der Waals surface area contributed by atoms with Crippen LogP contribution in [0.5, 0.6) is 0 Å². The number of fused-ring (bicyclic) bond motifs is 1. The van der Waals surface area contributed by atoms with Gasteiger partial charge in [0.1, 0.15) is 6.10 Å². The minimum absolute atomic E-state index is 0.00831. The molecule has 2 aromatic heterocycles. The van der Waals surface area contributed by atoms with Gasteiger partial charge in [0.05, 0.1) is 18.8 Å². The lowest BCUT2D eigenvalue weighted by molar-refractivity contribution is -0.00113. The summed E-state index contributed by atoms with van der Waals surface area (Å²) in [6.07, 6.45) is -0.00831. The first-order valence-corrected chi connectivity index (χ1v) is 10.2. The first-order valence-electron chi connectivity index (χ1n) is 10.2. The molecule has 0 unspecified atom stereocenters. The van der Waals surface area contributed by atoms with E-state index < -0.39 is 0 Å². The summed E-state index contributed by atoms with van der Waals surface area (Å²) in [5.74, 6) is 0.984.